The number of halogens is 1. The van der Waals surface area contributed by atoms with Crippen molar-refractivity contribution in [2.24, 2.45) is 5.73 Å². The molecule has 1 amide bonds. The molecule has 0 radical (unpaired) electrons. The quantitative estimate of drug-likeness (QED) is 0.894. The van der Waals surface area contributed by atoms with Crippen molar-refractivity contribution in [3.8, 4) is 6.07 Å². The van der Waals surface area contributed by atoms with Crippen LogP contribution in [-0.2, 0) is 4.79 Å². The second-order valence-corrected chi connectivity index (χ2v) is 5.53. The summed E-state index contributed by atoms with van der Waals surface area (Å²) in [4.78, 5) is 14.0. The number of amides is 1. The van der Waals surface area contributed by atoms with Crippen molar-refractivity contribution in [1.82, 2.24) is 4.90 Å². The summed E-state index contributed by atoms with van der Waals surface area (Å²) in [5.41, 5.74) is 6.95. The van der Waals surface area contributed by atoms with E-state index in [2.05, 4.69) is 0 Å². The third-order valence-electron chi connectivity index (χ3n) is 4.08. The van der Waals surface area contributed by atoms with Crippen LogP contribution < -0.4 is 5.73 Å². The molecule has 1 saturated heterocycles. The van der Waals surface area contributed by atoms with Gasteiger partial charge in [0.25, 0.3) is 0 Å². The maximum absolute atomic E-state index is 13.4. The standard InChI is InChI=1S/C15H16FN3O/c16-12-4-1-9(7-10(12)8-17)15-13(18)5-6-14(20)19(15)11-2-3-11/h1,4,7,11,13,15H,2-3,5-6,18H2. The summed E-state index contributed by atoms with van der Waals surface area (Å²) in [5, 5.41) is 8.94. The van der Waals surface area contributed by atoms with Gasteiger partial charge in [-0.05, 0) is 37.0 Å². The van der Waals surface area contributed by atoms with Crippen molar-refractivity contribution in [2.75, 3.05) is 0 Å². The summed E-state index contributed by atoms with van der Waals surface area (Å²) in [6.45, 7) is 0. The van der Waals surface area contributed by atoms with Gasteiger partial charge in [-0.2, -0.15) is 5.26 Å². The van der Waals surface area contributed by atoms with E-state index in [0.717, 1.165) is 18.4 Å². The van der Waals surface area contributed by atoms with E-state index in [1.807, 2.05) is 11.0 Å². The van der Waals surface area contributed by atoms with E-state index in [0.29, 0.717) is 12.8 Å². The number of nitrogens with zero attached hydrogens (tertiary/aromatic N) is 2. The average Bonchev–Trinajstić information content (AvgIpc) is 3.26. The Labute approximate surface area is 117 Å². The normalized spacial score (nSPS) is 26.4. The van der Waals surface area contributed by atoms with Gasteiger partial charge in [-0.15, -0.1) is 0 Å². The lowest BCUT2D eigenvalue weighted by Crippen LogP contribution is -2.49. The highest BCUT2D eigenvalue weighted by Crippen LogP contribution is 2.40. The SMILES string of the molecule is N#Cc1cc(C2C(N)CCC(=O)N2C2CC2)ccc1F. The van der Waals surface area contributed by atoms with Gasteiger partial charge in [0.15, 0.2) is 0 Å². The summed E-state index contributed by atoms with van der Waals surface area (Å²) in [5.74, 6) is -0.424. The van der Waals surface area contributed by atoms with Gasteiger partial charge >= 0.3 is 0 Å². The van der Waals surface area contributed by atoms with Gasteiger partial charge in [0.05, 0.1) is 11.6 Å². The number of carbonyl (C=O) groups excluding carboxylic acids is 1. The molecule has 2 unspecified atom stereocenters. The van der Waals surface area contributed by atoms with Crippen LogP contribution in [0.5, 0.6) is 0 Å². The van der Waals surface area contributed by atoms with E-state index in [1.54, 1.807) is 6.07 Å². The molecule has 104 valence electrons. The topological polar surface area (TPSA) is 70.1 Å². The summed E-state index contributed by atoms with van der Waals surface area (Å²) < 4.78 is 13.4. The molecule has 1 aliphatic carbocycles. The third-order valence-corrected chi connectivity index (χ3v) is 4.08. The predicted octanol–water partition coefficient (Wildman–Crippen LogP) is 1.85. The van der Waals surface area contributed by atoms with Crippen LogP contribution in [0.2, 0.25) is 0 Å². The van der Waals surface area contributed by atoms with Gasteiger partial charge in [0.1, 0.15) is 11.9 Å². The second kappa shape index (κ2) is 4.88. The molecule has 3 rings (SSSR count). The summed E-state index contributed by atoms with van der Waals surface area (Å²) in [6, 6.07) is 6.14. The number of nitriles is 1. The minimum atomic E-state index is -0.537. The zero-order valence-corrected chi connectivity index (χ0v) is 11.1. The Bertz CT molecular complexity index is 591. The van der Waals surface area contributed by atoms with E-state index in [-0.39, 0.29) is 29.6 Å². The highest BCUT2D eigenvalue weighted by molar-refractivity contribution is 5.78. The van der Waals surface area contributed by atoms with Gasteiger partial charge in [-0.3, -0.25) is 4.79 Å². The van der Waals surface area contributed by atoms with E-state index >= 15 is 0 Å². The average molecular weight is 273 g/mol. The first kappa shape index (κ1) is 13.1. The molecule has 2 aliphatic rings. The number of rotatable bonds is 2. The summed E-state index contributed by atoms with van der Waals surface area (Å²) in [6.07, 6.45) is 3.11. The van der Waals surface area contributed by atoms with Crippen molar-refractivity contribution in [3.63, 3.8) is 0 Å². The minimum Gasteiger partial charge on any atom is -0.331 e. The van der Waals surface area contributed by atoms with Crippen LogP contribution in [-0.4, -0.2) is 22.9 Å². The Morgan fingerprint density at radius 1 is 1.35 bits per heavy atom. The Morgan fingerprint density at radius 2 is 2.10 bits per heavy atom. The molecule has 0 aromatic heterocycles. The fourth-order valence-electron chi connectivity index (χ4n) is 2.94. The first-order chi connectivity index (χ1) is 9.61. The number of likely N-dealkylation sites (tertiary alicyclic amines) is 1. The van der Waals surface area contributed by atoms with E-state index in [1.165, 1.54) is 12.1 Å². The zero-order valence-electron chi connectivity index (χ0n) is 11.1. The summed E-state index contributed by atoms with van der Waals surface area (Å²) in [7, 11) is 0. The van der Waals surface area contributed by atoms with Gasteiger partial charge in [-0.25, -0.2) is 4.39 Å². The van der Waals surface area contributed by atoms with Gasteiger partial charge < -0.3 is 10.6 Å². The smallest absolute Gasteiger partial charge is 0.223 e. The third kappa shape index (κ3) is 2.16. The molecule has 1 aromatic rings. The zero-order chi connectivity index (χ0) is 14.3. The fourth-order valence-corrected chi connectivity index (χ4v) is 2.94. The second-order valence-electron chi connectivity index (χ2n) is 5.53. The van der Waals surface area contributed by atoms with Crippen molar-refractivity contribution in [2.45, 2.75) is 43.8 Å². The largest absolute Gasteiger partial charge is 0.331 e. The van der Waals surface area contributed by atoms with Crippen LogP contribution in [0.25, 0.3) is 0 Å². The van der Waals surface area contributed by atoms with Crippen LogP contribution in [0.1, 0.15) is 42.9 Å². The lowest BCUT2D eigenvalue weighted by atomic mass is 9.89. The number of hydrogen-bond acceptors (Lipinski definition) is 3. The van der Waals surface area contributed by atoms with Crippen LogP contribution in [0.15, 0.2) is 18.2 Å². The van der Waals surface area contributed by atoms with Crippen LogP contribution in [0.4, 0.5) is 4.39 Å². The van der Waals surface area contributed by atoms with Crippen molar-refractivity contribution in [1.29, 1.82) is 5.26 Å². The first-order valence-corrected chi connectivity index (χ1v) is 6.88. The molecule has 1 saturated carbocycles. The number of piperidine rings is 1. The molecular formula is C15H16FN3O. The lowest BCUT2D eigenvalue weighted by molar-refractivity contribution is -0.138. The molecule has 1 heterocycles. The first-order valence-electron chi connectivity index (χ1n) is 6.88. The molecule has 2 N–H and O–H groups in total. The van der Waals surface area contributed by atoms with Crippen molar-refractivity contribution in [3.05, 3.63) is 35.1 Å². The van der Waals surface area contributed by atoms with Crippen molar-refractivity contribution < 1.29 is 9.18 Å². The maximum atomic E-state index is 13.4. The number of carbonyl (C=O) groups is 1. The maximum Gasteiger partial charge on any atom is 0.223 e. The van der Waals surface area contributed by atoms with E-state index in [4.69, 9.17) is 11.0 Å². The van der Waals surface area contributed by atoms with Gasteiger partial charge in [-0.1, -0.05) is 6.07 Å². The fraction of sp³-hybridized carbons (Fsp3) is 0.467. The Balaban J connectivity index is 2.00. The molecule has 2 fully saturated rings. The predicted molar refractivity (Wildman–Crippen MR) is 70.9 cm³/mol. The van der Waals surface area contributed by atoms with Gasteiger partial charge in [0, 0.05) is 18.5 Å². The molecule has 20 heavy (non-hydrogen) atoms. The highest BCUT2D eigenvalue weighted by Gasteiger charge is 2.43. The molecule has 4 nitrogen and oxygen atoms in total. The van der Waals surface area contributed by atoms with Crippen LogP contribution in [0, 0.1) is 17.1 Å². The Morgan fingerprint density at radius 3 is 2.75 bits per heavy atom. The summed E-state index contributed by atoms with van der Waals surface area (Å²) >= 11 is 0. The number of hydrogen-bond donors (Lipinski definition) is 1. The monoisotopic (exact) mass is 273 g/mol. The molecule has 0 spiro atoms. The molecule has 5 heteroatoms. The molecule has 1 aliphatic heterocycles. The minimum absolute atomic E-state index is 0.00321. The number of benzene rings is 1. The van der Waals surface area contributed by atoms with E-state index < -0.39 is 5.82 Å². The van der Waals surface area contributed by atoms with E-state index in [9.17, 15) is 9.18 Å². The molecule has 1 aromatic carbocycles. The Hall–Kier alpha value is -1.93. The van der Waals surface area contributed by atoms with Crippen molar-refractivity contribution >= 4 is 5.91 Å². The molecule has 0 bridgehead atoms. The lowest BCUT2D eigenvalue weighted by Gasteiger charge is -2.40. The Kier molecular flexibility index (Phi) is 3.19. The molecular weight excluding hydrogens is 257 g/mol. The molecule has 2 atom stereocenters. The number of nitrogens with two attached hydrogens (primary N) is 1. The van der Waals surface area contributed by atoms with Gasteiger partial charge in [0.2, 0.25) is 5.91 Å². The van der Waals surface area contributed by atoms with Crippen LogP contribution >= 0.6 is 0 Å². The highest BCUT2D eigenvalue weighted by atomic mass is 19.1. The van der Waals surface area contributed by atoms with Crippen LogP contribution in [0.3, 0.4) is 0 Å².